The van der Waals surface area contributed by atoms with Gasteiger partial charge in [0, 0.05) is 13.2 Å². The van der Waals surface area contributed by atoms with Crippen molar-refractivity contribution in [2.24, 2.45) is 0 Å². The molecule has 0 rings (SSSR count). The van der Waals surface area contributed by atoms with Crippen molar-refractivity contribution in [2.45, 2.75) is 58.3 Å². The largest absolute Gasteiger partial charge is 0.479 e. The van der Waals surface area contributed by atoms with Crippen LogP contribution >= 0.6 is 0 Å². The first kappa shape index (κ1) is 22.1. The first-order valence-electron chi connectivity index (χ1n) is 7.72. The highest BCUT2D eigenvalue weighted by molar-refractivity contribution is 5.73. The van der Waals surface area contributed by atoms with Crippen molar-refractivity contribution in [1.29, 1.82) is 0 Å². The van der Waals surface area contributed by atoms with Crippen molar-refractivity contribution in [3.05, 3.63) is 0 Å². The summed E-state index contributed by atoms with van der Waals surface area (Å²) in [5, 5.41) is 20.5. The Bertz CT molecular complexity index is 418. The molecule has 9 heteroatoms. The lowest BCUT2D eigenvalue weighted by atomic mass is 10.2. The van der Waals surface area contributed by atoms with Crippen LogP contribution in [0.3, 0.4) is 0 Å². The number of hydrogen-bond donors (Lipinski definition) is 3. The molecule has 0 bridgehead atoms. The van der Waals surface area contributed by atoms with Gasteiger partial charge in [0.25, 0.3) is 0 Å². The van der Waals surface area contributed by atoms with Crippen LogP contribution in [-0.4, -0.2) is 65.8 Å². The van der Waals surface area contributed by atoms with Crippen LogP contribution in [-0.2, 0) is 23.8 Å². The number of amides is 1. The summed E-state index contributed by atoms with van der Waals surface area (Å²) in [4.78, 5) is 33.5. The van der Waals surface area contributed by atoms with E-state index in [0.717, 1.165) is 0 Å². The summed E-state index contributed by atoms with van der Waals surface area (Å²) in [6, 6.07) is 0. The van der Waals surface area contributed by atoms with Crippen molar-refractivity contribution >= 4 is 18.0 Å². The van der Waals surface area contributed by atoms with Crippen LogP contribution in [0.25, 0.3) is 0 Å². The Morgan fingerprint density at radius 2 is 1.62 bits per heavy atom. The summed E-state index contributed by atoms with van der Waals surface area (Å²) in [5.41, 5.74) is -0.609. The number of hydrogen-bond acceptors (Lipinski definition) is 6. The highest BCUT2D eigenvalue weighted by atomic mass is 16.6. The zero-order chi connectivity index (χ0) is 18.8. The zero-order valence-corrected chi connectivity index (χ0v) is 14.5. The minimum atomic E-state index is -1.22. The van der Waals surface area contributed by atoms with Crippen LogP contribution in [0.5, 0.6) is 0 Å². The molecule has 2 atom stereocenters. The maximum atomic E-state index is 11.4. The number of nitrogens with one attached hydrogen (secondary N) is 1. The number of rotatable bonds is 11. The second-order valence-corrected chi connectivity index (χ2v) is 6.01. The number of alkyl carbamates (subject to hydrolysis) is 1. The summed E-state index contributed by atoms with van der Waals surface area (Å²) in [6.45, 7) is 6.87. The van der Waals surface area contributed by atoms with Crippen LogP contribution in [0.2, 0.25) is 0 Å². The van der Waals surface area contributed by atoms with Crippen molar-refractivity contribution in [3.8, 4) is 0 Å². The fourth-order valence-corrected chi connectivity index (χ4v) is 1.67. The molecular weight excluding hydrogens is 322 g/mol. The molecule has 3 N–H and O–H groups in total. The molecule has 9 nitrogen and oxygen atoms in total. The third kappa shape index (κ3) is 10.8. The van der Waals surface area contributed by atoms with Gasteiger partial charge in [-0.1, -0.05) is 0 Å². The second kappa shape index (κ2) is 10.8. The van der Waals surface area contributed by atoms with Crippen molar-refractivity contribution in [1.82, 2.24) is 5.32 Å². The van der Waals surface area contributed by atoms with E-state index in [4.69, 9.17) is 24.4 Å². The molecule has 0 aliphatic carbocycles. The Kier molecular flexibility index (Phi) is 9.98. The summed E-state index contributed by atoms with van der Waals surface area (Å²) >= 11 is 0. The second-order valence-electron chi connectivity index (χ2n) is 6.01. The van der Waals surface area contributed by atoms with E-state index in [0.29, 0.717) is 6.42 Å². The number of carbonyl (C=O) groups is 3. The minimum Gasteiger partial charge on any atom is -0.479 e. The van der Waals surface area contributed by atoms with Gasteiger partial charge < -0.3 is 29.7 Å². The number of aliphatic carboxylic acids is 2. The quantitative estimate of drug-likeness (QED) is 0.475. The summed E-state index contributed by atoms with van der Waals surface area (Å²) in [5.74, 6) is -2.42. The number of ether oxygens (including phenoxy) is 3. The maximum Gasteiger partial charge on any atom is 0.407 e. The first-order valence-corrected chi connectivity index (χ1v) is 7.72. The van der Waals surface area contributed by atoms with E-state index in [9.17, 15) is 14.4 Å². The van der Waals surface area contributed by atoms with Crippen LogP contribution in [0.15, 0.2) is 0 Å². The molecule has 0 spiro atoms. The topological polar surface area (TPSA) is 131 Å². The molecular formula is C15H27NO8. The van der Waals surface area contributed by atoms with Gasteiger partial charge >= 0.3 is 18.0 Å². The molecule has 0 heterocycles. The SMILES string of the molecule is CCOC(COC(CCCNC(=O)OC(C)(C)C)C(=O)O)C(=O)O. The average Bonchev–Trinajstić information content (AvgIpc) is 2.42. The summed E-state index contributed by atoms with van der Waals surface area (Å²) < 4.78 is 15.1. The molecule has 0 saturated carbocycles. The van der Waals surface area contributed by atoms with Gasteiger partial charge in [0.2, 0.25) is 0 Å². The molecule has 0 radical (unpaired) electrons. The predicted molar refractivity (Wildman–Crippen MR) is 83.9 cm³/mol. The van der Waals surface area contributed by atoms with Crippen molar-refractivity contribution < 1.29 is 38.8 Å². The maximum absolute atomic E-state index is 11.4. The Morgan fingerprint density at radius 3 is 2.08 bits per heavy atom. The highest BCUT2D eigenvalue weighted by Crippen LogP contribution is 2.08. The number of carboxylic acids is 2. The minimum absolute atomic E-state index is 0.115. The highest BCUT2D eigenvalue weighted by Gasteiger charge is 2.24. The van der Waals surface area contributed by atoms with E-state index in [2.05, 4.69) is 5.32 Å². The fourth-order valence-electron chi connectivity index (χ4n) is 1.67. The molecule has 140 valence electrons. The van der Waals surface area contributed by atoms with E-state index < -0.39 is 35.8 Å². The van der Waals surface area contributed by atoms with Gasteiger partial charge in [-0.25, -0.2) is 14.4 Å². The molecule has 2 unspecified atom stereocenters. The Morgan fingerprint density at radius 1 is 1.04 bits per heavy atom. The molecule has 0 aliphatic rings. The molecule has 24 heavy (non-hydrogen) atoms. The van der Waals surface area contributed by atoms with Crippen molar-refractivity contribution in [3.63, 3.8) is 0 Å². The van der Waals surface area contributed by atoms with Crippen molar-refractivity contribution in [2.75, 3.05) is 19.8 Å². The third-order valence-corrected chi connectivity index (χ3v) is 2.68. The van der Waals surface area contributed by atoms with Gasteiger partial charge in [0.1, 0.15) is 5.60 Å². The van der Waals surface area contributed by atoms with Gasteiger partial charge in [-0.2, -0.15) is 0 Å². The Hall–Kier alpha value is -1.87. The van der Waals surface area contributed by atoms with Crippen LogP contribution < -0.4 is 5.32 Å². The summed E-state index contributed by atoms with van der Waals surface area (Å²) in [7, 11) is 0. The molecule has 0 saturated heterocycles. The van der Waals surface area contributed by atoms with E-state index in [1.165, 1.54) is 0 Å². The average molecular weight is 349 g/mol. The molecule has 0 aromatic heterocycles. The van der Waals surface area contributed by atoms with Gasteiger partial charge in [0.05, 0.1) is 6.61 Å². The number of carboxylic acid groups (broad SMARTS) is 2. The van der Waals surface area contributed by atoms with Gasteiger partial charge in [0.15, 0.2) is 12.2 Å². The van der Waals surface area contributed by atoms with E-state index in [-0.39, 0.29) is 26.2 Å². The first-order chi connectivity index (χ1) is 11.1. The Balaban J connectivity index is 4.19. The van der Waals surface area contributed by atoms with Crippen LogP contribution in [0, 0.1) is 0 Å². The number of carbonyl (C=O) groups excluding carboxylic acids is 1. The lowest BCUT2D eigenvalue weighted by Gasteiger charge is -2.20. The molecule has 0 fully saturated rings. The normalized spacial score (nSPS) is 13.8. The molecule has 0 aromatic carbocycles. The zero-order valence-electron chi connectivity index (χ0n) is 14.5. The van der Waals surface area contributed by atoms with E-state index in [1.54, 1.807) is 27.7 Å². The van der Waals surface area contributed by atoms with E-state index in [1.807, 2.05) is 0 Å². The monoisotopic (exact) mass is 349 g/mol. The molecule has 0 aliphatic heterocycles. The van der Waals surface area contributed by atoms with Gasteiger partial charge in [-0.15, -0.1) is 0 Å². The van der Waals surface area contributed by atoms with E-state index >= 15 is 0 Å². The van der Waals surface area contributed by atoms with Gasteiger partial charge in [-0.3, -0.25) is 0 Å². The van der Waals surface area contributed by atoms with Gasteiger partial charge in [-0.05, 0) is 40.5 Å². The lowest BCUT2D eigenvalue weighted by Crippen LogP contribution is -2.35. The fraction of sp³-hybridized carbons (Fsp3) is 0.800. The van der Waals surface area contributed by atoms with Crippen LogP contribution in [0.1, 0.15) is 40.5 Å². The Labute approximate surface area is 141 Å². The standard InChI is InChI=1S/C15H27NO8/c1-5-22-11(13(19)20)9-23-10(12(17)18)7-6-8-16-14(21)24-15(2,3)4/h10-11H,5-9H2,1-4H3,(H,16,21)(H,17,18)(H,19,20). The predicted octanol–water partition coefficient (Wildman–Crippen LogP) is 1.25. The smallest absolute Gasteiger partial charge is 0.407 e. The van der Waals surface area contributed by atoms with Crippen LogP contribution in [0.4, 0.5) is 4.79 Å². The lowest BCUT2D eigenvalue weighted by molar-refractivity contribution is -0.163. The molecule has 1 amide bonds. The third-order valence-electron chi connectivity index (χ3n) is 2.68. The summed E-state index contributed by atoms with van der Waals surface area (Å²) in [6.07, 6.45) is -2.52. The molecule has 0 aromatic rings.